The maximum absolute atomic E-state index is 11.3. The average molecular weight is 216 g/mol. The van der Waals surface area contributed by atoms with Crippen LogP contribution in [-0.2, 0) is 14.3 Å². The summed E-state index contributed by atoms with van der Waals surface area (Å²) in [4.78, 5) is 22.3. The van der Waals surface area contributed by atoms with Gasteiger partial charge in [0.15, 0.2) is 0 Å². The topological polar surface area (TPSA) is 83.8 Å². The van der Waals surface area contributed by atoms with Crippen LogP contribution >= 0.6 is 0 Å². The number of hydrogen-bond donors (Lipinski definition) is 2. The van der Waals surface area contributed by atoms with E-state index < -0.39 is 23.5 Å². The Morgan fingerprint density at radius 2 is 1.80 bits per heavy atom. The predicted octanol–water partition coefficient (Wildman–Crippen LogP) is 0.555. The molecule has 5 nitrogen and oxygen atoms in total. The number of carboxylic acids is 1. The zero-order valence-electron chi connectivity index (χ0n) is 8.73. The highest BCUT2D eigenvalue weighted by Gasteiger charge is 2.52. The normalized spacial score (nSPS) is 21.7. The van der Waals surface area contributed by atoms with Crippen LogP contribution in [0.3, 0.4) is 0 Å². The Labute approximate surface area is 88.0 Å². The summed E-state index contributed by atoms with van der Waals surface area (Å²) in [6.45, 7) is 0. The second kappa shape index (κ2) is 4.61. The lowest BCUT2D eigenvalue weighted by molar-refractivity contribution is -0.186. The van der Waals surface area contributed by atoms with Gasteiger partial charge in [0.2, 0.25) is 0 Å². The molecule has 5 heteroatoms. The summed E-state index contributed by atoms with van der Waals surface area (Å²) < 4.78 is 4.36. The number of aliphatic carboxylic acids is 1. The Morgan fingerprint density at radius 3 is 2.20 bits per heavy atom. The predicted molar refractivity (Wildman–Crippen MR) is 51.2 cm³/mol. The summed E-state index contributed by atoms with van der Waals surface area (Å²) in [6.07, 6.45) is 3.82. The van der Waals surface area contributed by atoms with Crippen LogP contribution in [0, 0.1) is 5.92 Å². The second-order valence-corrected chi connectivity index (χ2v) is 3.90. The molecule has 0 amide bonds. The summed E-state index contributed by atoms with van der Waals surface area (Å²) in [7, 11) is 1.08. The number of carbonyl (C=O) groups excluding carboxylic acids is 1. The van der Waals surface area contributed by atoms with Crippen molar-refractivity contribution in [3.8, 4) is 0 Å². The third kappa shape index (κ3) is 2.12. The van der Waals surface area contributed by atoms with E-state index in [4.69, 9.17) is 5.11 Å². The zero-order valence-corrected chi connectivity index (χ0v) is 8.73. The minimum atomic E-state index is -2.37. The molecule has 1 rings (SSSR count). The first-order valence-electron chi connectivity index (χ1n) is 5.07. The minimum Gasteiger partial charge on any atom is -0.479 e. The molecule has 0 spiro atoms. The molecule has 86 valence electrons. The number of esters is 1. The van der Waals surface area contributed by atoms with E-state index in [-0.39, 0.29) is 0 Å². The molecule has 1 unspecified atom stereocenters. The van der Waals surface area contributed by atoms with Crippen LogP contribution < -0.4 is 0 Å². The Hall–Kier alpha value is -1.10. The number of carboxylic acid groups (broad SMARTS) is 1. The summed E-state index contributed by atoms with van der Waals surface area (Å²) in [5, 5.41) is 18.8. The number of rotatable bonds is 3. The number of ether oxygens (including phenoxy) is 1. The molecule has 0 radical (unpaired) electrons. The summed E-state index contributed by atoms with van der Waals surface area (Å²) >= 11 is 0. The summed E-state index contributed by atoms with van der Waals surface area (Å²) in [6, 6.07) is 0. The average Bonchev–Trinajstić information content (AvgIpc) is 2.27. The SMILES string of the molecule is COC(=O)C(O)(C(=O)O)C1CCCCC1. The molecule has 0 heterocycles. The molecule has 0 aliphatic heterocycles. The van der Waals surface area contributed by atoms with Gasteiger partial charge in [-0.1, -0.05) is 19.3 Å². The number of aliphatic hydroxyl groups is 1. The Kier molecular flexibility index (Phi) is 3.68. The summed E-state index contributed by atoms with van der Waals surface area (Å²) in [5.74, 6) is -3.11. The number of methoxy groups -OCH3 is 1. The first-order valence-corrected chi connectivity index (χ1v) is 5.07. The van der Waals surface area contributed by atoms with Crippen LogP contribution in [0.1, 0.15) is 32.1 Å². The molecule has 0 aromatic carbocycles. The molecule has 0 aromatic rings. The van der Waals surface area contributed by atoms with E-state index in [1.165, 1.54) is 0 Å². The van der Waals surface area contributed by atoms with E-state index in [0.29, 0.717) is 12.8 Å². The van der Waals surface area contributed by atoms with Crippen molar-refractivity contribution in [2.75, 3.05) is 7.11 Å². The van der Waals surface area contributed by atoms with Crippen molar-refractivity contribution in [2.24, 2.45) is 5.92 Å². The number of carbonyl (C=O) groups is 2. The van der Waals surface area contributed by atoms with E-state index in [0.717, 1.165) is 26.4 Å². The fourth-order valence-corrected chi connectivity index (χ4v) is 2.10. The monoisotopic (exact) mass is 216 g/mol. The Balaban J connectivity index is 2.88. The lowest BCUT2D eigenvalue weighted by atomic mass is 9.77. The maximum Gasteiger partial charge on any atom is 0.350 e. The van der Waals surface area contributed by atoms with Gasteiger partial charge in [-0.2, -0.15) is 0 Å². The van der Waals surface area contributed by atoms with Gasteiger partial charge >= 0.3 is 11.9 Å². The smallest absolute Gasteiger partial charge is 0.350 e. The van der Waals surface area contributed by atoms with E-state index in [1.54, 1.807) is 0 Å². The largest absolute Gasteiger partial charge is 0.479 e. The molecule has 1 atom stereocenters. The molecule has 0 bridgehead atoms. The van der Waals surface area contributed by atoms with Gasteiger partial charge in [-0.05, 0) is 12.8 Å². The molecule has 0 aromatic heterocycles. The van der Waals surface area contributed by atoms with Gasteiger partial charge in [0, 0.05) is 5.92 Å². The van der Waals surface area contributed by atoms with Crippen molar-refractivity contribution in [2.45, 2.75) is 37.7 Å². The fraction of sp³-hybridized carbons (Fsp3) is 0.800. The standard InChI is InChI=1S/C10H16O5/c1-15-9(13)10(14,8(11)12)7-5-3-2-4-6-7/h7,14H,2-6H2,1H3,(H,11,12). The van der Waals surface area contributed by atoms with E-state index in [9.17, 15) is 14.7 Å². The van der Waals surface area contributed by atoms with E-state index in [1.807, 2.05) is 0 Å². The molecule has 1 aliphatic carbocycles. The van der Waals surface area contributed by atoms with Gasteiger partial charge in [-0.25, -0.2) is 9.59 Å². The van der Waals surface area contributed by atoms with Crippen molar-refractivity contribution in [3.05, 3.63) is 0 Å². The van der Waals surface area contributed by atoms with Crippen LogP contribution in [0.5, 0.6) is 0 Å². The van der Waals surface area contributed by atoms with Crippen LogP contribution in [0.2, 0.25) is 0 Å². The molecule has 15 heavy (non-hydrogen) atoms. The first kappa shape index (κ1) is 12.0. The molecule has 1 fully saturated rings. The third-order valence-corrected chi connectivity index (χ3v) is 3.02. The third-order valence-electron chi connectivity index (χ3n) is 3.02. The molecular formula is C10H16O5. The summed E-state index contributed by atoms with van der Waals surface area (Å²) in [5.41, 5.74) is -2.37. The maximum atomic E-state index is 11.3. The highest BCUT2D eigenvalue weighted by atomic mass is 16.5. The highest BCUT2D eigenvalue weighted by molar-refractivity contribution is 6.02. The lowest BCUT2D eigenvalue weighted by Gasteiger charge is -2.32. The van der Waals surface area contributed by atoms with Crippen LogP contribution in [0.25, 0.3) is 0 Å². The Bertz CT molecular complexity index is 257. The van der Waals surface area contributed by atoms with Crippen LogP contribution in [-0.4, -0.2) is 34.9 Å². The molecular weight excluding hydrogens is 200 g/mol. The van der Waals surface area contributed by atoms with Gasteiger partial charge in [-0.3, -0.25) is 0 Å². The lowest BCUT2D eigenvalue weighted by Crippen LogP contribution is -2.53. The molecule has 0 saturated heterocycles. The van der Waals surface area contributed by atoms with Crippen molar-refractivity contribution in [1.29, 1.82) is 0 Å². The fourth-order valence-electron chi connectivity index (χ4n) is 2.10. The molecule has 2 N–H and O–H groups in total. The van der Waals surface area contributed by atoms with E-state index >= 15 is 0 Å². The van der Waals surface area contributed by atoms with Crippen LogP contribution in [0.4, 0.5) is 0 Å². The van der Waals surface area contributed by atoms with Gasteiger partial charge in [0.05, 0.1) is 7.11 Å². The van der Waals surface area contributed by atoms with Crippen molar-refractivity contribution < 1.29 is 24.5 Å². The van der Waals surface area contributed by atoms with E-state index in [2.05, 4.69) is 4.74 Å². The van der Waals surface area contributed by atoms with Crippen molar-refractivity contribution in [3.63, 3.8) is 0 Å². The second-order valence-electron chi connectivity index (χ2n) is 3.90. The zero-order chi connectivity index (χ0) is 11.5. The minimum absolute atomic E-state index is 0.531. The van der Waals surface area contributed by atoms with Gasteiger partial charge in [0.1, 0.15) is 0 Å². The molecule has 1 saturated carbocycles. The first-order chi connectivity index (χ1) is 7.03. The van der Waals surface area contributed by atoms with Crippen LogP contribution in [0.15, 0.2) is 0 Å². The van der Waals surface area contributed by atoms with Gasteiger partial charge in [-0.15, -0.1) is 0 Å². The van der Waals surface area contributed by atoms with Gasteiger partial charge < -0.3 is 14.9 Å². The van der Waals surface area contributed by atoms with Crippen molar-refractivity contribution >= 4 is 11.9 Å². The Morgan fingerprint density at radius 1 is 1.27 bits per heavy atom. The molecule has 1 aliphatic rings. The number of hydrogen-bond acceptors (Lipinski definition) is 4. The quantitative estimate of drug-likeness (QED) is 0.532. The van der Waals surface area contributed by atoms with Crippen molar-refractivity contribution in [1.82, 2.24) is 0 Å². The highest BCUT2D eigenvalue weighted by Crippen LogP contribution is 2.33. The van der Waals surface area contributed by atoms with Gasteiger partial charge in [0.25, 0.3) is 5.60 Å².